The van der Waals surface area contributed by atoms with E-state index >= 15 is 0 Å². The molecule has 1 unspecified atom stereocenters. The van der Waals surface area contributed by atoms with E-state index in [0.717, 1.165) is 32.1 Å². The Kier molecular flexibility index (Phi) is 5.81. The minimum absolute atomic E-state index is 0.0838. The summed E-state index contributed by atoms with van der Waals surface area (Å²) in [5, 5.41) is 9.59. The van der Waals surface area contributed by atoms with Crippen LogP contribution < -0.4 is 0 Å². The summed E-state index contributed by atoms with van der Waals surface area (Å²) < 4.78 is 5.06. The lowest BCUT2D eigenvalue weighted by atomic mass is 9.55. The Labute approximate surface area is 123 Å². The normalized spacial score (nSPS) is 30.6. The molecule has 3 nitrogen and oxygen atoms in total. The average Bonchev–Trinajstić information content (AvgIpc) is 2.40. The first kappa shape index (κ1) is 17.2. The first-order valence-corrected chi connectivity index (χ1v) is 7.67. The molecule has 1 saturated carbocycles. The van der Waals surface area contributed by atoms with Crippen molar-refractivity contribution in [3.8, 4) is 0 Å². The Morgan fingerprint density at radius 1 is 1.45 bits per heavy atom. The van der Waals surface area contributed by atoms with E-state index < -0.39 is 11.5 Å². The molecule has 0 aromatic carbocycles. The van der Waals surface area contributed by atoms with Crippen LogP contribution in [0.2, 0.25) is 0 Å². The predicted molar refractivity (Wildman–Crippen MR) is 81.3 cm³/mol. The molecule has 3 atom stereocenters. The fourth-order valence-corrected chi connectivity index (χ4v) is 3.96. The molecule has 1 aliphatic carbocycles. The van der Waals surface area contributed by atoms with Gasteiger partial charge < -0.3 is 9.84 Å². The van der Waals surface area contributed by atoms with Crippen LogP contribution in [0.25, 0.3) is 0 Å². The van der Waals surface area contributed by atoms with E-state index in [9.17, 15) is 9.90 Å². The number of aliphatic hydroxyl groups is 1. The van der Waals surface area contributed by atoms with Gasteiger partial charge in [-0.2, -0.15) is 0 Å². The summed E-state index contributed by atoms with van der Waals surface area (Å²) >= 11 is 0. The van der Waals surface area contributed by atoms with Gasteiger partial charge >= 0.3 is 5.97 Å². The molecule has 0 bridgehead atoms. The number of carbonyl (C=O) groups excluding carboxylic acids is 1. The molecular weight excluding hydrogens is 252 g/mol. The number of carbonyl (C=O) groups is 1. The number of methoxy groups -OCH3 is 1. The van der Waals surface area contributed by atoms with Crippen molar-refractivity contribution in [3.63, 3.8) is 0 Å². The number of esters is 1. The van der Waals surface area contributed by atoms with Gasteiger partial charge in [0.05, 0.1) is 18.6 Å². The molecule has 0 saturated heterocycles. The van der Waals surface area contributed by atoms with Gasteiger partial charge in [0.15, 0.2) is 0 Å². The van der Waals surface area contributed by atoms with Crippen molar-refractivity contribution in [3.05, 3.63) is 12.7 Å². The predicted octanol–water partition coefficient (Wildman–Crippen LogP) is 3.71. The SMILES string of the molecule is C=CC(O)CCC[C@H]1C(C)(C)CCC[C@@]1(C)C(=O)OC. The summed E-state index contributed by atoms with van der Waals surface area (Å²) in [6.45, 7) is 10.2. The highest BCUT2D eigenvalue weighted by atomic mass is 16.5. The molecule has 3 heteroatoms. The number of rotatable bonds is 6. The minimum Gasteiger partial charge on any atom is -0.469 e. The Balaban J connectivity index is 2.82. The maximum absolute atomic E-state index is 12.3. The van der Waals surface area contributed by atoms with Crippen LogP contribution in [0.15, 0.2) is 12.7 Å². The van der Waals surface area contributed by atoms with Crippen molar-refractivity contribution in [1.29, 1.82) is 0 Å². The first-order chi connectivity index (χ1) is 9.28. The number of hydrogen-bond acceptors (Lipinski definition) is 3. The minimum atomic E-state index is -0.439. The molecule has 0 aromatic rings. The van der Waals surface area contributed by atoms with Crippen LogP contribution in [0.5, 0.6) is 0 Å². The van der Waals surface area contributed by atoms with Gasteiger partial charge in [0.1, 0.15) is 0 Å². The van der Waals surface area contributed by atoms with E-state index in [2.05, 4.69) is 20.4 Å². The number of aliphatic hydroxyl groups excluding tert-OH is 1. The highest BCUT2D eigenvalue weighted by Gasteiger charge is 2.50. The van der Waals surface area contributed by atoms with Crippen LogP contribution >= 0.6 is 0 Å². The highest BCUT2D eigenvalue weighted by Crippen LogP contribution is 2.53. The van der Waals surface area contributed by atoms with Crippen molar-refractivity contribution < 1.29 is 14.6 Å². The van der Waals surface area contributed by atoms with Gasteiger partial charge in [-0.15, -0.1) is 6.58 Å². The van der Waals surface area contributed by atoms with Crippen molar-refractivity contribution in [1.82, 2.24) is 0 Å². The van der Waals surface area contributed by atoms with Crippen LogP contribution in [0.3, 0.4) is 0 Å². The smallest absolute Gasteiger partial charge is 0.311 e. The van der Waals surface area contributed by atoms with Crippen LogP contribution in [-0.4, -0.2) is 24.3 Å². The average molecular weight is 282 g/mol. The van der Waals surface area contributed by atoms with E-state index in [0.29, 0.717) is 12.3 Å². The Morgan fingerprint density at radius 3 is 2.65 bits per heavy atom. The molecule has 116 valence electrons. The lowest BCUT2D eigenvalue weighted by molar-refractivity contribution is -0.163. The van der Waals surface area contributed by atoms with Gasteiger partial charge in [-0.25, -0.2) is 0 Å². The third-order valence-corrected chi connectivity index (χ3v) is 5.15. The van der Waals surface area contributed by atoms with Gasteiger partial charge in [-0.05, 0) is 43.9 Å². The van der Waals surface area contributed by atoms with Crippen molar-refractivity contribution in [2.45, 2.75) is 65.4 Å². The van der Waals surface area contributed by atoms with Crippen LogP contribution in [-0.2, 0) is 9.53 Å². The summed E-state index contributed by atoms with van der Waals surface area (Å²) in [6, 6.07) is 0. The fraction of sp³-hybridized carbons (Fsp3) is 0.824. The lowest BCUT2D eigenvalue weighted by Gasteiger charge is -2.49. The highest BCUT2D eigenvalue weighted by molar-refractivity contribution is 5.77. The van der Waals surface area contributed by atoms with E-state index in [1.165, 1.54) is 7.11 Å². The summed E-state index contributed by atoms with van der Waals surface area (Å²) in [4.78, 5) is 12.3. The zero-order valence-corrected chi connectivity index (χ0v) is 13.4. The molecule has 1 N–H and O–H groups in total. The molecule has 0 aliphatic heterocycles. The molecule has 0 radical (unpaired) electrons. The van der Waals surface area contributed by atoms with E-state index in [1.807, 2.05) is 6.92 Å². The van der Waals surface area contributed by atoms with E-state index in [4.69, 9.17) is 4.74 Å². The third kappa shape index (κ3) is 3.63. The number of ether oxygens (including phenoxy) is 1. The Morgan fingerprint density at radius 2 is 2.10 bits per heavy atom. The molecule has 1 aliphatic rings. The zero-order valence-electron chi connectivity index (χ0n) is 13.4. The summed E-state index contributed by atoms with van der Waals surface area (Å²) in [6.07, 6.45) is 6.83. The topological polar surface area (TPSA) is 46.5 Å². The molecule has 0 heterocycles. The zero-order chi connectivity index (χ0) is 15.4. The van der Waals surface area contributed by atoms with Gasteiger partial charge in [0, 0.05) is 0 Å². The van der Waals surface area contributed by atoms with Crippen LogP contribution in [0.4, 0.5) is 0 Å². The van der Waals surface area contributed by atoms with Crippen LogP contribution in [0.1, 0.15) is 59.3 Å². The third-order valence-electron chi connectivity index (χ3n) is 5.15. The second-order valence-electron chi connectivity index (χ2n) is 7.04. The van der Waals surface area contributed by atoms with Crippen molar-refractivity contribution in [2.24, 2.45) is 16.7 Å². The maximum atomic E-state index is 12.3. The van der Waals surface area contributed by atoms with Gasteiger partial charge in [0.25, 0.3) is 0 Å². The number of hydrogen-bond donors (Lipinski definition) is 1. The van der Waals surface area contributed by atoms with Gasteiger partial charge in [-0.1, -0.05) is 32.8 Å². The maximum Gasteiger partial charge on any atom is 0.311 e. The molecule has 1 fully saturated rings. The summed E-state index contributed by atoms with van der Waals surface area (Å²) in [5.41, 5.74) is -0.254. The first-order valence-electron chi connectivity index (χ1n) is 7.67. The largest absolute Gasteiger partial charge is 0.469 e. The monoisotopic (exact) mass is 282 g/mol. The molecule has 0 amide bonds. The summed E-state index contributed by atoms with van der Waals surface area (Å²) in [5.74, 6) is 0.216. The Bertz CT molecular complexity index is 348. The molecule has 1 rings (SSSR count). The fourth-order valence-electron chi connectivity index (χ4n) is 3.96. The quantitative estimate of drug-likeness (QED) is 0.596. The van der Waals surface area contributed by atoms with Crippen molar-refractivity contribution >= 4 is 5.97 Å². The van der Waals surface area contributed by atoms with Gasteiger partial charge in [0.2, 0.25) is 0 Å². The summed E-state index contributed by atoms with van der Waals surface area (Å²) in [7, 11) is 1.48. The second-order valence-corrected chi connectivity index (χ2v) is 7.04. The molecular formula is C17H30O3. The second kappa shape index (κ2) is 6.75. The Hall–Kier alpha value is -0.830. The van der Waals surface area contributed by atoms with Crippen molar-refractivity contribution in [2.75, 3.05) is 7.11 Å². The molecule has 0 spiro atoms. The lowest BCUT2D eigenvalue weighted by Crippen LogP contribution is -2.47. The van der Waals surface area contributed by atoms with E-state index in [1.54, 1.807) is 6.08 Å². The van der Waals surface area contributed by atoms with E-state index in [-0.39, 0.29) is 11.4 Å². The standard InChI is InChI=1S/C17H30O3/c1-6-13(18)9-7-10-14-16(2,3)11-8-12-17(14,4)15(19)20-5/h6,13-14,18H,1,7-12H2,2-5H3/t13?,14-,17+/m0/s1. The molecule has 20 heavy (non-hydrogen) atoms. The van der Waals surface area contributed by atoms with Gasteiger partial charge in [-0.3, -0.25) is 4.79 Å². The van der Waals surface area contributed by atoms with Crippen LogP contribution in [0, 0.1) is 16.7 Å². The molecule has 0 aromatic heterocycles.